The summed E-state index contributed by atoms with van der Waals surface area (Å²) in [4.78, 5) is 22.0. The van der Waals surface area contributed by atoms with Gasteiger partial charge in [-0.05, 0) is 42.5 Å². The van der Waals surface area contributed by atoms with E-state index in [1.165, 1.54) is 44.6 Å². The first-order valence-corrected chi connectivity index (χ1v) is 15.9. The standard InChI is InChI=1S/C32H24F3N5O6S/c1-36-31(41)28-19-11-18(21-8-9-25-29(38-21)24-12-17-20(33)5-4-6-22(17)40(24)15-44-25)23(39(2)47(3,42)43)13-26(19)45-30(28)16-7-10-27(37-14-16)46-32(34)35/h4-14,32H,15H2,1-3H3,(H,36,41). The van der Waals surface area contributed by atoms with Crippen LogP contribution in [0.25, 0.3) is 55.8 Å². The Kier molecular flexibility index (Phi) is 7.08. The quantitative estimate of drug-likeness (QED) is 0.220. The van der Waals surface area contributed by atoms with Gasteiger partial charge in [-0.2, -0.15) is 8.78 Å². The van der Waals surface area contributed by atoms with E-state index in [2.05, 4.69) is 15.0 Å². The van der Waals surface area contributed by atoms with Crippen molar-refractivity contribution in [2.45, 2.75) is 13.3 Å². The van der Waals surface area contributed by atoms with E-state index >= 15 is 0 Å². The van der Waals surface area contributed by atoms with E-state index in [1.54, 1.807) is 41.0 Å². The molecule has 4 aromatic heterocycles. The van der Waals surface area contributed by atoms with Crippen molar-refractivity contribution in [3.8, 4) is 45.6 Å². The maximum Gasteiger partial charge on any atom is 0.388 e. The molecule has 240 valence electrons. The number of amides is 1. The van der Waals surface area contributed by atoms with Gasteiger partial charge in [-0.15, -0.1) is 0 Å². The average molecular weight is 664 g/mol. The lowest BCUT2D eigenvalue weighted by atomic mass is 10.0. The minimum atomic E-state index is -3.81. The third-order valence-corrected chi connectivity index (χ3v) is 9.12. The second kappa shape index (κ2) is 11.0. The number of nitrogens with one attached hydrogen (secondary N) is 1. The van der Waals surface area contributed by atoms with Crippen LogP contribution in [0.5, 0.6) is 11.6 Å². The van der Waals surface area contributed by atoms with E-state index in [9.17, 15) is 26.4 Å². The van der Waals surface area contributed by atoms with Crippen molar-refractivity contribution < 1.29 is 40.3 Å². The highest BCUT2D eigenvalue weighted by molar-refractivity contribution is 7.92. The molecule has 0 aliphatic carbocycles. The number of rotatable bonds is 7. The molecule has 0 radical (unpaired) electrons. The Balaban J connectivity index is 1.45. The lowest BCUT2D eigenvalue weighted by Gasteiger charge is -2.23. The first kappa shape index (κ1) is 30.1. The third-order valence-electron chi connectivity index (χ3n) is 7.92. The predicted octanol–water partition coefficient (Wildman–Crippen LogP) is 6.02. The van der Waals surface area contributed by atoms with Crippen LogP contribution in [0, 0.1) is 5.82 Å². The molecule has 2 aromatic carbocycles. The van der Waals surface area contributed by atoms with Gasteiger partial charge in [-0.3, -0.25) is 9.10 Å². The molecule has 1 N–H and O–H groups in total. The summed E-state index contributed by atoms with van der Waals surface area (Å²) in [5.41, 5.74) is 3.05. The summed E-state index contributed by atoms with van der Waals surface area (Å²) < 4.78 is 84.9. The van der Waals surface area contributed by atoms with Crippen LogP contribution >= 0.6 is 0 Å². The van der Waals surface area contributed by atoms with Crippen LogP contribution in [0.4, 0.5) is 18.9 Å². The number of carbonyl (C=O) groups excluding carboxylic acids is 1. The van der Waals surface area contributed by atoms with Crippen LogP contribution in [0.2, 0.25) is 0 Å². The number of fused-ring (bicyclic) bond motifs is 6. The number of benzene rings is 2. The van der Waals surface area contributed by atoms with Crippen molar-refractivity contribution in [2.24, 2.45) is 0 Å². The van der Waals surface area contributed by atoms with Gasteiger partial charge in [0.05, 0.1) is 34.4 Å². The van der Waals surface area contributed by atoms with Gasteiger partial charge in [-0.1, -0.05) is 6.07 Å². The number of aromatic nitrogens is 3. The maximum absolute atomic E-state index is 14.7. The number of hydrogen-bond donors (Lipinski definition) is 1. The van der Waals surface area contributed by atoms with Crippen LogP contribution in [-0.2, 0) is 16.8 Å². The summed E-state index contributed by atoms with van der Waals surface area (Å²) in [6.07, 6.45) is 2.26. The fourth-order valence-electron chi connectivity index (χ4n) is 5.62. The molecule has 1 amide bonds. The minimum absolute atomic E-state index is 0.0684. The summed E-state index contributed by atoms with van der Waals surface area (Å²) in [6.45, 7) is -2.93. The predicted molar refractivity (Wildman–Crippen MR) is 167 cm³/mol. The number of halogens is 3. The number of alkyl halides is 2. The Morgan fingerprint density at radius 3 is 2.62 bits per heavy atom. The van der Waals surface area contributed by atoms with E-state index in [1.807, 2.05) is 0 Å². The molecule has 15 heteroatoms. The van der Waals surface area contributed by atoms with E-state index in [-0.39, 0.29) is 40.8 Å². The molecule has 0 unspecified atom stereocenters. The van der Waals surface area contributed by atoms with Crippen molar-refractivity contribution >= 4 is 43.5 Å². The minimum Gasteiger partial charge on any atom is -0.470 e. The molecule has 1 aliphatic rings. The largest absolute Gasteiger partial charge is 0.470 e. The van der Waals surface area contributed by atoms with Crippen molar-refractivity contribution in [1.82, 2.24) is 19.9 Å². The molecule has 5 heterocycles. The zero-order valence-electron chi connectivity index (χ0n) is 24.9. The molecule has 6 aromatic rings. The molecule has 0 fully saturated rings. The first-order chi connectivity index (χ1) is 22.4. The van der Waals surface area contributed by atoms with Gasteiger partial charge < -0.3 is 23.8 Å². The molecule has 11 nitrogen and oxygen atoms in total. The molecule has 0 bridgehead atoms. The van der Waals surface area contributed by atoms with Gasteiger partial charge in [-0.25, -0.2) is 22.8 Å². The fraction of sp³-hybridized carbons (Fsp3) is 0.156. The molecule has 0 saturated carbocycles. The number of nitrogens with zero attached hydrogens (tertiary/aromatic N) is 4. The van der Waals surface area contributed by atoms with Gasteiger partial charge in [0.2, 0.25) is 15.9 Å². The zero-order chi connectivity index (χ0) is 33.2. The van der Waals surface area contributed by atoms with Crippen molar-refractivity contribution in [1.29, 1.82) is 0 Å². The Morgan fingerprint density at radius 2 is 1.91 bits per heavy atom. The number of sulfonamides is 1. The van der Waals surface area contributed by atoms with E-state index in [4.69, 9.17) is 14.1 Å². The van der Waals surface area contributed by atoms with Crippen LogP contribution in [0.15, 0.2) is 71.3 Å². The van der Waals surface area contributed by atoms with Gasteiger partial charge in [0.1, 0.15) is 28.6 Å². The molecular formula is C32H24F3N5O6S. The lowest BCUT2D eigenvalue weighted by Crippen LogP contribution is -2.25. The maximum atomic E-state index is 14.7. The summed E-state index contributed by atoms with van der Waals surface area (Å²) in [5.74, 6) is -0.732. The lowest BCUT2D eigenvalue weighted by molar-refractivity contribution is -0.0528. The third kappa shape index (κ3) is 5.08. The summed E-state index contributed by atoms with van der Waals surface area (Å²) >= 11 is 0. The second-order valence-corrected chi connectivity index (χ2v) is 12.7. The number of carbonyl (C=O) groups is 1. The van der Waals surface area contributed by atoms with Crippen LogP contribution in [0.1, 0.15) is 10.4 Å². The van der Waals surface area contributed by atoms with Crippen LogP contribution in [0.3, 0.4) is 0 Å². The van der Waals surface area contributed by atoms with Crippen molar-refractivity contribution in [3.63, 3.8) is 0 Å². The average Bonchev–Trinajstić information content (AvgIpc) is 3.62. The van der Waals surface area contributed by atoms with Gasteiger partial charge >= 0.3 is 6.61 Å². The molecule has 0 atom stereocenters. The molecule has 0 spiro atoms. The van der Waals surface area contributed by atoms with E-state index < -0.39 is 28.4 Å². The number of anilines is 1. The highest BCUT2D eigenvalue weighted by Gasteiger charge is 2.28. The molecule has 1 aliphatic heterocycles. The summed E-state index contributed by atoms with van der Waals surface area (Å²) in [5, 5.41) is 3.30. The van der Waals surface area contributed by atoms with Crippen molar-refractivity contribution in [2.75, 3.05) is 24.7 Å². The van der Waals surface area contributed by atoms with Crippen LogP contribution < -0.4 is 19.1 Å². The Bertz CT molecular complexity index is 2340. The first-order valence-electron chi connectivity index (χ1n) is 14.0. The van der Waals surface area contributed by atoms with E-state index in [0.717, 1.165) is 10.6 Å². The number of hydrogen-bond acceptors (Lipinski definition) is 8. The molecule has 47 heavy (non-hydrogen) atoms. The Morgan fingerprint density at radius 1 is 1.11 bits per heavy atom. The van der Waals surface area contributed by atoms with Gasteiger partial charge in [0.25, 0.3) is 5.91 Å². The fourth-order valence-corrected chi connectivity index (χ4v) is 6.13. The zero-order valence-corrected chi connectivity index (χ0v) is 25.7. The van der Waals surface area contributed by atoms with E-state index in [0.29, 0.717) is 44.7 Å². The summed E-state index contributed by atoms with van der Waals surface area (Å²) in [6, 6.07) is 15.5. The number of ether oxygens (including phenoxy) is 2. The Hall–Kier alpha value is -5.57. The SMILES string of the molecule is CNC(=O)c1c(-c2ccc(OC(F)F)nc2)oc2cc(N(C)S(C)(=O)=O)c(-c3ccc4c(n3)-c3cc5c(F)cccc5n3CO4)cc12. The molecular weight excluding hydrogens is 639 g/mol. The Labute approximate surface area is 265 Å². The highest BCUT2D eigenvalue weighted by atomic mass is 32.2. The molecule has 7 rings (SSSR count). The smallest absolute Gasteiger partial charge is 0.388 e. The molecule has 0 saturated heterocycles. The van der Waals surface area contributed by atoms with Gasteiger partial charge in [0.15, 0.2) is 6.73 Å². The second-order valence-electron chi connectivity index (χ2n) is 10.7. The topological polar surface area (TPSA) is 129 Å². The normalized spacial score (nSPS) is 12.6. The highest BCUT2D eigenvalue weighted by Crippen LogP contribution is 2.43. The number of furan rings is 1. The monoisotopic (exact) mass is 663 g/mol. The van der Waals surface area contributed by atoms with Crippen LogP contribution in [-0.4, -0.2) is 55.8 Å². The number of pyridine rings is 2. The summed E-state index contributed by atoms with van der Waals surface area (Å²) in [7, 11) is -1.00. The van der Waals surface area contributed by atoms with Crippen molar-refractivity contribution in [3.05, 3.63) is 78.2 Å². The van der Waals surface area contributed by atoms with Gasteiger partial charge in [0, 0.05) is 54.3 Å².